The van der Waals surface area contributed by atoms with E-state index in [9.17, 15) is 9.18 Å². The summed E-state index contributed by atoms with van der Waals surface area (Å²) in [7, 11) is 0. The van der Waals surface area contributed by atoms with Crippen molar-refractivity contribution in [2.45, 2.75) is 0 Å². The number of nitrogens with two attached hydrogens (primary N) is 1. The lowest BCUT2D eigenvalue weighted by Crippen LogP contribution is -2.12. The highest BCUT2D eigenvalue weighted by molar-refractivity contribution is 9.10. The van der Waals surface area contributed by atoms with E-state index in [0.717, 1.165) is 6.07 Å². The molecule has 2 rings (SSSR count). The summed E-state index contributed by atoms with van der Waals surface area (Å²) in [6.45, 7) is 0. The monoisotopic (exact) mass is 342 g/mol. The van der Waals surface area contributed by atoms with Crippen molar-refractivity contribution >= 4 is 44.8 Å². The van der Waals surface area contributed by atoms with Gasteiger partial charge in [-0.1, -0.05) is 11.6 Å². The molecule has 19 heavy (non-hydrogen) atoms. The number of hydrogen-bond acceptors (Lipinski definition) is 2. The Balaban J connectivity index is 2.23. The molecule has 0 saturated heterocycles. The van der Waals surface area contributed by atoms with Gasteiger partial charge in [-0.3, -0.25) is 4.79 Å². The highest BCUT2D eigenvalue weighted by Crippen LogP contribution is 2.25. The molecule has 3 nitrogen and oxygen atoms in total. The van der Waals surface area contributed by atoms with E-state index in [-0.39, 0.29) is 16.5 Å². The van der Waals surface area contributed by atoms with Crippen LogP contribution in [-0.2, 0) is 0 Å². The molecule has 0 atom stereocenters. The predicted molar refractivity (Wildman–Crippen MR) is 77.9 cm³/mol. The molecule has 0 aliphatic rings. The van der Waals surface area contributed by atoms with Gasteiger partial charge >= 0.3 is 0 Å². The first-order valence-electron chi connectivity index (χ1n) is 5.29. The number of nitrogen functional groups attached to an aromatic ring is 1. The van der Waals surface area contributed by atoms with Gasteiger partial charge < -0.3 is 11.1 Å². The SMILES string of the molecule is Nc1ccc(NC(=O)c2ccc(F)c(Cl)c2)c(Br)c1. The van der Waals surface area contributed by atoms with Crippen molar-refractivity contribution < 1.29 is 9.18 Å². The molecule has 0 radical (unpaired) electrons. The number of halogens is 3. The Labute approximate surface area is 122 Å². The summed E-state index contributed by atoms with van der Waals surface area (Å²) in [6, 6.07) is 8.79. The van der Waals surface area contributed by atoms with Crippen LogP contribution in [-0.4, -0.2) is 5.91 Å². The van der Waals surface area contributed by atoms with E-state index in [1.165, 1.54) is 12.1 Å². The van der Waals surface area contributed by atoms with Crippen LogP contribution in [0.5, 0.6) is 0 Å². The number of benzene rings is 2. The summed E-state index contributed by atoms with van der Waals surface area (Å²) in [5, 5.41) is 2.58. The quantitative estimate of drug-likeness (QED) is 0.807. The van der Waals surface area contributed by atoms with Crippen LogP contribution in [0.3, 0.4) is 0 Å². The van der Waals surface area contributed by atoms with Crippen LogP contribution < -0.4 is 11.1 Å². The van der Waals surface area contributed by atoms with Crippen LogP contribution in [0.2, 0.25) is 5.02 Å². The molecule has 0 fully saturated rings. The van der Waals surface area contributed by atoms with Gasteiger partial charge in [0.1, 0.15) is 5.82 Å². The van der Waals surface area contributed by atoms with Crippen molar-refractivity contribution in [2.24, 2.45) is 0 Å². The largest absolute Gasteiger partial charge is 0.399 e. The minimum Gasteiger partial charge on any atom is -0.399 e. The standard InChI is InChI=1S/C13H9BrClFN2O/c14-9-6-8(17)2-4-12(9)18-13(19)7-1-3-11(16)10(15)5-7/h1-6H,17H2,(H,18,19). The Bertz CT molecular complexity index is 649. The van der Waals surface area contributed by atoms with E-state index < -0.39 is 5.82 Å². The third-order valence-electron chi connectivity index (χ3n) is 2.42. The number of anilines is 2. The van der Waals surface area contributed by atoms with Crippen LogP contribution in [0.1, 0.15) is 10.4 Å². The van der Waals surface area contributed by atoms with Crippen molar-refractivity contribution in [3.05, 3.63) is 57.3 Å². The fourth-order valence-corrected chi connectivity index (χ4v) is 2.14. The fraction of sp³-hybridized carbons (Fsp3) is 0. The molecule has 1 amide bonds. The minimum atomic E-state index is -0.563. The van der Waals surface area contributed by atoms with Crippen LogP contribution in [0.4, 0.5) is 15.8 Å². The molecular formula is C13H9BrClFN2O. The Morgan fingerprint density at radius 1 is 1.26 bits per heavy atom. The van der Waals surface area contributed by atoms with Crippen LogP contribution in [0.25, 0.3) is 0 Å². The molecular weight excluding hydrogens is 335 g/mol. The molecule has 0 heterocycles. The van der Waals surface area contributed by atoms with Crippen LogP contribution >= 0.6 is 27.5 Å². The molecule has 6 heteroatoms. The maximum Gasteiger partial charge on any atom is 0.255 e. The molecule has 2 aromatic rings. The van der Waals surface area contributed by atoms with Crippen molar-refractivity contribution in [1.29, 1.82) is 0 Å². The number of nitrogens with one attached hydrogen (secondary N) is 1. The Kier molecular flexibility index (Phi) is 4.07. The summed E-state index contributed by atoms with van der Waals surface area (Å²) in [5.74, 6) is -0.945. The number of rotatable bonds is 2. The first kappa shape index (κ1) is 13.8. The van der Waals surface area contributed by atoms with E-state index in [2.05, 4.69) is 21.2 Å². The van der Waals surface area contributed by atoms with E-state index in [1.807, 2.05) is 0 Å². The Morgan fingerprint density at radius 2 is 2.00 bits per heavy atom. The average Bonchev–Trinajstić information content (AvgIpc) is 2.36. The molecule has 0 spiro atoms. The summed E-state index contributed by atoms with van der Waals surface area (Å²) in [4.78, 5) is 12.0. The van der Waals surface area contributed by atoms with E-state index in [0.29, 0.717) is 15.8 Å². The van der Waals surface area contributed by atoms with E-state index in [4.69, 9.17) is 17.3 Å². The van der Waals surface area contributed by atoms with Gasteiger partial charge in [-0.05, 0) is 52.3 Å². The Morgan fingerprint density at radius 3 is 2.63 bits per heavy atom. The number of carbonyl (C=O) groups excluding carboxylic acids is 1. The summed E-state index contributed by atoms with van der Waals surface area (Å²) >= 11 is 8.93. The molecule has 0 aromatic heterocycles. The van der Waals surface area contributed by atoms with Crippen molar-refractivity contribution in [3.63, 3.8) is 0 Å². The third-order valence-corrected chi connectivity index (χ3v) is 3.37. The normalized spacial score (nSPS) is 10.3. The van der Waals surface area contributed by atoms with Gasteiger partial charge in [0.2, 0.25) is 0 Å². The molecule has 3 N–H and O–H groups in total. The van der Waals surface area contributed by atoms with Crippen molar-refractivity contribution in [3.8, 4) is 0 Å². The summed E-state index contributed by atoms with van der Waals surface area (Å²) in [6.07, 6.45) is 0. The van der Waals surface area contributed by atoms with Gasteiger partial charge in [-0.15, -0.1) is 0 Å². The second kappa shape index (κ2) is 5.59. The van der Waals surface area contributed by atoms with Crippen molar-refractivity contribution in [1.82, 2.24) is 0 Å². The lowest BCUT2D eigenvalue weighted by Gasteiger charge is -2.08. The van der Waals surface area contributed by atoms with Crippen LogP contribution in [0, 0.1) is 5.82 Å². The zero-order chi connectivity index (χ0) is 14.0. The molecule has 0 unspecified atom stereocenters. The smallest absolute Gasteiger partial charge is 0.255 e. The number of carbonyl (C=O) groups is 1. The minimum absolute atomic E-state index is 0.0935. The first-order chi connectivity index (χ1) is 8.97. The summed E-state index contributed by atoms with van der Waals surface area (Å²) < 4.78 is 13.7. The molecule has 98 valence electrons. The fourth-order valence-electron chi connectivity index (χ4n) is 1.46. The van der Waals surface area contributed by atoms with E-state index in [1.54, 1.807) is 18.2 Å². The highest BCUT2D eigenvalue weighted by Gasteiger charge is 2.10. The molecule has 0 saturated carbocycles. The van der Waals surface area contributed by atoms with Gasteiger partial charge in [0, 0.05) is 15.7 Å². The van der Waals surface area contributed by atoms with Crippen LogP contribution in [0.15, 0.2) is 40.9 Å². The van der Waals surface area contributed by atoms with Gasteiger partial charge in [-0.2, -0.15) is 0 Å². The molecule has 2 aromatic carbocycles. The summed E-state index contributed by atoms with van der Waals surface area (Å²) in [5.41, 5.74) is 7.02. The molecule has 0 aliphatic heterocycles. The zero-order valence-electron chi connectivity index (χ0n) is 9.58. The second-order valence-electron chi connectivity index (χ2n) is 3.82. The van der Waals surface area contributed by atoms with Gasteiger partial charge in [0.05, 0.1) is 10.7 Å². The highest BCUT2D eigenvalue weighted by atomic mass is 79.9. The van der Waals surface area contributed by atoms with Gasteiger partial charge in [0.25, 0.3) is 5.91 Å². The number of hydrogen-bond donors (Lipinski definition) is 2. The third kappa shape index (κ3) is 3.24. The predicted octanol–water partition coefficient (Wildman–Crippen LogP) is 4.08. The average molecular weight is 344 g/mol. The lowest BCUT2D eigenvalue weighted by molar-refractivity contribution is 0.102. The van der Waals surface area contributed by atoms with E-state index >= 15 is 0 Å². The molecule has 0 aliphatic carbocycles. The zero-order valence-corrected chi connectivity index (χ0v) is 11.9. The number of amides is 1. The topological polar surface area (TPSA) is 55.1 Å². The second-order valence-corrected chi connectivity index (χ2v) is 5.08. The lowest BCUT2D eigenvalue weighted by atomic mass is 10.2. The van der Waals surface area contributed by atoms with Crippen molar-refractivity contribution in [2.75, 3.05) is 11.1 Å². The Hall–Kier alpha value is -1.59. The van der Waals surface area contributed by atoms with Gasteiger partial charge in [0.15, 0.2) is 0 Å². The van der Waals surface area contributed by atoms with Gasteiger partial charge in [-0.25, -0.2) is 4.39 Å². The maximum absolute atomic E-state index is 13.0. The maximum atomic E-state index is 13.0. The first-order valence-corrected chi connectivity index (χ1v) is 6.46. The molecule has 0 bridgehead atoms.